The number of amides is 1. The van der Waals surface area contributed by atoms with Crippen LogP contribution in [0.15, 0.2) is 48.9 Å². The number of aliphatic hydroxyl groups excluding tert-OH is 1. The summed E-state index contributed by atoms with van der Waals surface area (Å²) in [5, 5.41) is 13.3. The Morgan fingerprint density at radius 2 is 2.10 bits per heavy atom. The number of piperidine rings is 1. The number of aliphatic hydroxyl groups is 1. The first-order chi connectivity index (χ1) is 19.0. The third-order valence-electron chi connectivity index (χ3n) is 8.79. The summed E-state index contributed by atoms with van der Waals surface area (Å²) >= 11 is 0. The van der Waals surface area contributed by atoms with Crippen molar-refractivity contribution in [1.29, 1.82) is 0 Å². The normalized spacial score (nSPS) is 29.3. The van der Waals surface area contributed by atoms with Gasteiger partial charge in [0.25, 0.3) is 0 Å². The van der Waals surface area contributed by atoms with Gasteiger partial charge in [-0.3, -0.25) is 15.1 Å². The quantitative estimate of drug-likeness (QED) is 0.368. The summed E-state index contributed by atoms with van der Waals surface area (Å²) in [7, 11) is 1.54. The average Bonchev–Trinajstić information content (AvgIpc) is 3.60. The third kappa shape index (κ3) is 5.38. The summed E-state index contributed by atoms with van der Waals surface area (Å²) in [6.45, 7) is 1.65. The van der Waals surface area contributed by atoms with Crippen LogP contribution < -0.4 is 20.9 Å². The van der Waals surface area contributed by atoms with Crippen molar-refractivity contribution in [3.8, 4) is 5.75 Å². The molecule has 2 saturated heterocycles. The number of imidazole rings is 1. The number of carbonyl (C=O) groups excluding carboxylic acids is 1. The van der Waals surface area contributed by atoms with E-state index in [1.54, 1.807) is 25.4 Å². The number of hydrogen-bond donors (Lipinski definition) is 4. The molecule has 208 valence electrons. The van der Waals surface area contributed by atoms with Crippen molar-refractivity contribution < 1.29 is 19.0 Å². The molecule has 1 aliphatic carbocycles. The lowest BCUT2D eigenvalue weighted by Crippen LogP contribution is -2.53. The van der Waals surface area contributed by atoms with Crippen LogP contribution in [0.25, 0.3) is 5.65 Å². The molecule has 4 heterocycles. The van der Waals surface area contributed by atoms with Crippen LogP contribution in [0.2, 0.25) is 0 Å². The van der Waals surface area contributed by atoms with E-state index in [9.17, 15) is 14.3 Å². The van der Waals surface area contributed by atoms with Crippen molar-refractivity contribution in [2.45, 2.75) is 50.4 Å². The van der Waals surface area contributed by atoms with E-state index in [1.807, 2.05) is 16.7 Å². The maximum absolute atomic E-state index is 14.6. The number of fused-ring (bicyclic) bond motifs is 2. The van der Waals surface area contributed by atoms with Crippen LogP contribution in [0.3, 0.4) is 0 Å². The van der Waals surface area contributed by atoms with Crippen molar-refractivity contribution in [2.24, 2.45) is 17.8 Å². The summed E-state index contributed by atoms with van der Waals surface area (Å²) in [6.07, 6.45) is 9.14. The first-order valence-corrected chi connectivity index (χ1v) is 13.9. The summed E-state index contributed by atoms with van der Waals surface area (Å²) < 4.78 is 22.0. The van der Waals surface area contributed by atoms with E-state index >= 15 is 0 Å². The molecule has 1 aromatic carbocycles. The van der Waals surface area contributed by atoms with Crippen LogP contribution >= 0.6 is 0 Å². The molecule has 39 heavy (non-hydrogen) atoms. The molecule has 0 radical (unpaired) electrons. The molecule has 9 nitrogen and oxygen atoms in total. The fraction of sp³-hybridized carbons (Fsp3) is 0.517. The second kappa shape index (κ2) is 11.2. The number of rotatable bonds is 7. The summed E-state index contributed by atoms with van der Waals surface area (Å²) in [5.74, 6) is 0.538. The summed E-state index contributed by atoms with van der Waals surface area (Å²) in [6, 6.07) is 9.33. The zero-order valence-corrected chi connectivity index (χ0v) is 22.2. The number of nitrogens with one attached hydrogen (secondary N) is 3. The number of aromatic nitrogens is 2. The predicted octanol–water partition coefficient (Wildman–Crippen LogP) is 2.42. The van der Waals surface area contributed by atoms with Gasteiger partial charge < -0.3 is 19.6 Å². The lowest BCUT2D eigenvalue weighted by molar-refractivity contribution is -0.128. The minimum absolute atomic E-state index is 0.0169. The number of hydrogen-bond acceptors (Lipinski definition) is 7. The second-order valence-corrected chi connectivity index (χ2v) is 11.3. The van der Waals surface area contributed by atoms with Crippen molar-refractivity contribution in [1.82, 2.24) is 30.5 Å². The highest BCUT2D eigenvalue weighted by atomic mass is 19.1. The first kappa shape index (κ1) is 26.2. The molecular weight excluding hydrogens is 499 g/mol. The Balaban J connectivity index is 1.11. The number of ether oxygens (including phenoxy) is 1. The molecule has 2 aliphatic heterocycles. The maximum Gasteiger partial charge on any atom is 0.223 e. The first-order valence-electron chi connectivity index (χ1n) is 13.9. The highest BCUT2D eigenvalue weighted by Crippen LogP contribution is 2.40. The van der Waals surface area contributed by atoms with Crippen LogP contribution in [-0.2, 0) is 11.3 Å². The zero-order valence-electron chi connectivity index (χ0n) is 22.2. The fourth-order valence-electron chi connectivity index (χ4n) is 6.84. The van der Waals surface area contributed by atoms with Crippen molar-refractivity contribution in [2.75, 3.05) is 26.8 Å². The highest BCUT2D eigenvalue weighted by Gasteiger charge is 2.43. The fourth-order valence-corrected chi connectivity index (χ4v) is 6.84. The monoisotopic (exact) mass is 536 g/mol. The molecule has 0 bridgehead atoms. The average molecular weight is 537 g/mol. The van der Waals surface area contributed by atoms with Gasteiger partial charge in [0.2, 0.25) is 5.91 Å². The summed E-state index contributed by atoms with van der Waals surface area (Å²) in [5.41, 5.74) is 9.54. The van der Waals surface area contributed by atoms with E-state index in [0.29, 0.717) is 49.3 Å². The number of pyridine rings is 1. The number of benzene rings is 1. The van der Waals surface area contributed by atoms with E-state index in [1.165, 1.54) is 11.6 Å². The van der Waals surface area contributed by atoms with E-state index < -0.39 is 0 Å². The van der Waals surface area contributed by atoms with Gasteiger partial charge in [0.05, 0.1) is 13.2 Å². The standard InChI is InChI=1S/C29H37FN6O3/c1-39-26-4-2-3-24(30)23(26)16-35-13-18(17-37)11-21(15-35)32-29(38)19-5-7-25-22(12-19)28(34-33-25)20-6-8-27-31-9-10-36(27)14-20/h2-4,6,8-10,14,18-19,21-22,25,28,33-34,37H,5,7,11-13,15-17H2,1H3,(H,32,38). The molecular formula is C29H37FN6O3. The van der Waals surface area contributed by atoms with Gasteiger partial charge in [0.1, 0.15) is 17.2 Å². The van der Waals surface area contributed by atoms with Gasteiger partial charge in [0.15, 0.2) is 0 Å². The predicted molar refractivity (Wildman–Crippen MR) is 144 cm³/mol. The van der Waals surface area contributed by atoms with Crippen LogP contribution in [0.4, 0.5) is 4.39 Å². The molecule has 1 amide bonds. The Morgan fingerprint density at radius 3 is 2.95 bits per heavy atom. The van der Waals surface area contributed by atoms with Gasteiger partial charge in [-0.2, -0.15) is 0 Å². The molecule has 3 aromatic rings. The molecule has 10 heteroatoms. The van der Waals surface area contributed by atoms with Gasteiger partial charge >= 0.3 is 0 Å². The molecule has 1 saturated carbocycles. The van der Waals surface area contributed by atoms with Crippen LogP contribution in [0.1, 0.15) is 42.9 Å². The molecule has 6 rings (SSSR count). The van der Waals surface area contributed by atoms with Gasteiger partial charge in [-0.1, -0.05) is 12.1 Å². The van der Waals surface area contributed by atoms with E-state index in [2.05, 4.69) is 38.3 Å². The smallest absolute Gasteiger partial charge is 0.223 e. The highest BCUT2D eigenvalue weighted by molar-refractivity contribution is 5.79. The van der Waals surface area contributed by atoms with Gasteiger partial charge in [-0.25, -0.2) is 14.8 Å². The Labute approximate surface area is 227 Å². The number of hydrazine groups is 1. The lowest BCUT2D eigenvalue weighted by atomic mass is 9.74. The van der Waals surface area contributed by atoms with Gasteiger partial charge in [-0.15, -0.1) is 0 Å². The number of halogens is 1. The molecule has 2 aromatic heterocycles. The second-order valence-electron chi connectivity index (χ2n) is 11.3. The minimum atomic E-state index is -0.307. The molecule has 3 aliphatic rings. The van der Waals surface area contributed by atoms with Crippen molar-refractivity contribution in [3.05, 3.63) is 65.9 Å². The number of nitrogens with zero attached hydrogens (tertiary/aromatic N) is 3. The molecule has 6 unspecified atom stereocenters. The van der Waals surface area contributed by atoms with Crippen LogP contribution in [0.5, 0.6) is 5.75 Å². The topological polar surface area (TPSA) is 103 Å². The minimum Gasteiger partial charge on any atom is -0.496 e. The molecule has 0 spiro atoms. The van der Waals surface area contributed by atoms with Gasteiger partial charge in [0, 0.05) is 68.4 Å². The Bertz CT molecular complexity index is 1320. The van der Waals surface area contributed by atoms with Crippen molar-refractivity contribution >= 4 is 11.6 Å². The molecule has 6 atom stereocenters. The van der Waals surface area contributed by atoms with E-state index in [-0.39, 0.29) is 42.3 Å². The Morgan fingerprint density at radius 1 is 1.21 bits per heavy atom. The SMILES string of the molecule is COc1cccc(F)c1CN1CC(CO)CC(NC(=O)C2CCC3NNC(c4ccc5nccn5c4)C3C2)C1. The zero-order chi connectivity index (χ0) is 26.9. The molecule has 3 fully saturated rings. The number of methoxy groups -OCH3 is 1. The van der Waals surface area contributed by atoms with E-state index in [4.69, 9.17) is 4.74 Å². The largest absolute Gasteiger partial charge is 0.496 e. The Hall–Kier alpha value is -3.05. The van der Waals surface area contributed by atoms with Crippen LogP contribution in [0, 0.1) is 23.6 Å². The lowest BCUT2D eigenvalue weighted by Gasteiger charge is -2.39. The maximum atomic E-state index is 14.6. The summed E-state index contributed by atoms with van der Waals surface area (Å²) in [4.78, 5) is 20.0. The van der Waals surface area contributed by atoms with Gasteiger partial charge in [-0.05, 0) is 61.3 Å². The van der Waals surface area contributed by atoms with Crippen molar-refractivity contribution in [3.63, 3.8) is 0 Å². The number of likely N-dealkylation sites (tertiary alicyclic amines) is 1. The molecule has 4 N–H and O–H groups in total. The third-order valence-corrected chi connectivity index (χ3v) is 8.79. The Kier molecular flexibility index (Phi) is 7.53. The number of carbonyl (C=O) groups is 1. The van der Waals surface area contributed by atoms with Crippen LogP contribution in [-0.4, -0.2) is 64.2 Å². The van der Waals surface area contributed by atoms with E-state index in [0.717, 1.165) is 24.9 Å².